The number of hydrogen-bond acceptors (Lipinski definition) is 8. The summed E-state index contributed by atoms with van der Waals surface area (Å²) in [5, 5.41) is 4.07. The molecule has 10 heteroatoms. The number of rotatable bonds is 8. The number of aromatic nitrogens is 6. The van der Waals surface area contributed by atoms with Gasteiger partial charge < -0.3 is 16.0 Å². The van der Waals surface area contributed by atoms with E-state index in [1.807, 2.05) is 118 Å². The van der Waals surface area contributed by atoms with E-state index in [1.165, 1.54) is 6.33 Å². The van der Waals surface area contributed by atoms with Crippen LogP contribution in [-0.2, 0) is 0 Å². The monoisotopic (exact) mass is 702 g/mol. The van der Waals surface area contributed by atoms with Crippen molar-refractivity contribution in [2.45, 2.75) is 58.5 Å². The molecule has 8 rings (SSSR count). The molecule has 10 nitrogen and oxygen atoms in total. The predicted octanol–water partition coefficient (Wildman–Crippen LogP) is 8.02. The third-order valence-corrected chi connectivity index (χ3v) is 9.87. The maximum atomic E-state index is 13.7. The van der Waals surface area contributed by atoms with E-state index >= 15 is 0 Å². The Bertz CT molecular complexity index is 2510. The van der Waals surface area contributed by atoms with Crippen LogP contribution in [0.2, 0.25) is 0 Å². The molecule has 3 unspecified atom stereocenters. The average Bonchev–Trinajstić information content (AvgIpc) is 3.67. The number of benzene rings is 4. The van der Waals surface area contributed by atoms with Crippen LogP contribution >= 0.6 is 0 Å². The summed E-state index contributed by atoms with van der Waals surface area (Å²) in [5.74, 6) is 1.15. The number of nitrogens with zero attached hydrogens (tertiary/aromatic N) is 5. The second-order valence-electron chi connectivity index (χ2n) is 13.2. The Kier molecular flexibility index (Phi) is 10.0. The maximum Gasteiger partial charge on any atom is 0.266 e. The fourth-order valence-electron chi connectivity index (χ4n) is 7.11. The SMILES string of the molecule is CCC(N)C1=Cc2cccc(C)c2C(=O)C1c1ccccc1.CCC(Nc1ncnc2nc[nH]c12)c1nc2cccc(C)c2c(=O)n1-c1ccccc1. The zero-order valence-corrected chi connectivity index (χ0v) is 30.2. The van der Waals surface area contributed by atoms with Crippen molar-refractivity contribution in [3.8, 4) is 5.69 Å². The number of carbonyl (C=O) groups is 1. The first-order chi connectivity index (χ1) is 25.8. The van der Waals surface area contributed by atoms with E-state index in [2.05, 4.69) is 38.3 Å². The van der Waals surface area contributed by atoms with Crippen LogP contribution in [0.1, 0.15) is 77.1 Å². The van der Waals surface area contributed by atoms with Crippen molar-refractivity contribution < 1.29 is 4.79 Å². The molecule has 0 fully saturated rings. The third-order valence-electron chi connectivity index (χ3n) is 9.87. The van der Waals surface area contributed by atoms with Crippen molar-refractivity contribution in [2.75, 3.05) is 5.32 Å². The molecule has 53 heavy (non-hydrogen) atoms. The quantitative estimate of drug-likeness (QED) is 0.144. The topological polar surface area (TPSA) is 144 Å². The van der Waals surface area contributed by atoms with Crippen molar-refractivity contribution >= 4 is 39.7 Å². The Morgan fingerprint density at radius 3 is 2.28 bits per heavy atom. The minimum atomic E-state index is -0.265. The highest BCUT2D eigenvalue weighted by Gasteiger charge is 2.34. The smallest absolute Gasteiger partial charge is 0.266 e. The predicted molar refractivity (Wildman–Crippen MR) is 211 cm³/mol. The van der Waals surface area contributed by atoms with Gasteiger partial charge in [-0.1, -0.05) is 98.8 Å². The lowest BCUT2D eigenvalue weighted by Gasteiger charge is -2.29. The third kappa shape index (κ3) is 6.76. The largest absolute Gasteiger partial charge is 0.358 e. The molecule has 0 radical (unpaired) electrons. The molecular weight excluding hydrogens is 661 g/mol. The number of anilines is 1. The van der Waals surface area contributed by atoms with E-state index < -0.39 is 0 Å². The van der Waals surface area contributed by atoms with E-state index in [4.69, 9.17) is 10.7 Å². The molecular formula is C43H42N8O2. The van der Waals surface area contributed by atoms with Gasteiger partial charge in [0.1, 0.15) is 17.7 Å². The van der Waals surface area contributed by atoms with Crippen LogP contribution in [0.25, 0.3) is 33.8 Å². The second kappa shape index (κ2) is 15.1. The molecule has 4 N–H and O–H groups in total. The maximum absolute atomic E-state index is 13.7. The van der Waals surface area contributed by atoms with Crippen molar-refractivity contribution in [1.82, 2.24) is 29.5 Å². The van der Waals surface area contributed by atoms with Gasteiger partial charge in [-0.2, -0.15) is 0 Å². The van der Waals surface area contributed by atoms with E-state index in [0.717, 1.165) is 45.5 Å². The molecule has 0 spiro atoms. The molecule has 3 heterocycles. The number of nitrogens with two attached hydrogens (primary N) is 1. The first kappa shape index (κ1) is 35.2. The molecule has 0 amide bonds. The highest BCUT2D eigenvalue weighted by atomic mass is 16.1. The van der Waals surface area contributed by atoms with Crippen molar-refractivity contribution in [2.24, 2.45) is 5.73 Å². The van der Waals surface area contributed by atoms with Crippen LogP contribution in [0.3, 0.4) is 0 Å². The van der Waals surface area contributed by atoms with Crippen LogP contribution < -0.4 is 16.6 Å². The second-order valence-corrected chi connectivity index (χ2v) is 13.2. The van der Waals surface area contributed by atoms with Gasteiger partial charge in [-0.05, 0) is 72.7 Å². The van der Waals surface area contributed by atoms with Gasteiger partial charge in [0.25, 0.3) is 5.56 Å². The lowest BCUT2D eigenvalue weighted by Crippen LogP contribution is -2.32. The number of ketones is 1. The Morgan fingerprint density at radius 1 is 0.830 bits per heavy atom. The number of aryl methyl sites for hydroxylation is 2. The molecule has 0 saturated heterocycles. The Labute approximate surface area is 307 Å². The molecule has 3 atom stereocenters. The molecule has 0 bridgehead atoms. The molecule has 0 saturated carbocycles. The van der Waals surface area contributed by atoms with E-state index in [9.17, 15) is 9.59 Å². The van der Waals surface area contributed by atoms with Crippen LogP contribution in [0.15, 0.2) is 120 Å². The van der Waals surface area contributed by atoms with E-state index in [-0.39, 0.29) is 29.3 Å². The zero-order chi connectivity index (χ0) is 37.1. The Morgan fingerprint density at radius 2 is 1.55 bits per heavy atom. The van der Waals surface area contributed by atoms with Gasteiger partial charge in [0.05, 0.1) is 34.9 Å². The van der Waals surface area contributed by atoms with Gasteiger partial charge in [0.2, 0.25) is 0 Å². The summed E-state index contributed by atoms with van der Waals surface area (Å²) in [4.78, 5) is 47.6. The summed E-state index contributed by atoms with van der Waals surface area (Å²) in [6.45, 7) is 8.04. The molecule has 3 aromatic heterocycles. The lowest BCUT2D eigenvalue weighted by atomic mass is 9.74. The van der Waals surface area contributed by atoms with Gasteiger partial charge in [-0.15, -0.1) is 0 Å². The van der Waals surface area contributed by atoms with Gasteiger partial charge >= 0.3 is 0 Å². The van der Waals surface area contributed by atoms with Crippen LogP contribution in [0.5, 0.6) is 0 Å². The summed E-state index contributed by atoms with van der Waals surface area (Å²) in [6, 6.07) is 30.9. The highest BCUT2D eigenvalue weighted by Crippen LogP contribution is 2.38. The number of hydrogen-bond donors (Lipinski definition) is 3. The number of H-pyrrole nitrogens is 1. The van der Waals surface area contributed by atoms with E-state index in [0.29, 0.717) is 40.1 Å². The van der Waals surface area contributed by atoms with Crippen molar-refractivity contribution in [3.05, 3.63) is 159 Å². The summed E-state index contributed by atoms with van der Waals surface area (Å²) in [6.07, 6.45) is 6.69. The molecule has 1 aliphatic carbocycles. The highest BCUT2D eigenvalue weighted by molar-refractivity contribution is 6.09. The van der Waals surface area contributed by atoms with Crippen molar-refractivity contribution in [1.29, 1.82) is 0 Å². The van der Waals surface area contributed by atoms with Gasteiger partial charge in [0, 0.05) is 11.6 Å². The fraction of sp³-hybridized carbons (Fsp3) is 0.209. The Balaban J connectivity index is 0.000000174. The lowest BCUT2D eigenvalue weighted by molar-refractivity contribution is 0.0968. The van der Waals surface area contributed by atoms with E-state index in [1.54, 1.807) is 10.9 Å². The van der Waals surface area contributed by atoms with Crippen molar-refractivity contribution in [3.63, 3.8) is 0 Å². The first-order valence-electron chi connectivity index (χ1n) is 17.9. The summed E-state index contributed by atoms with van der Waals surface area (Å²) < 4.78 is 1.70. The number of para-hydroxylation sites is 1. The summed E-state index contributed by atoms with van der Waals surface area (Å²) in [7, 11) is 0. The number of imidazole rings is 1. The summed E-state index contributed by atoms with van der Waals surface area (Å²) in [5.41, 5.74) is 14.8. The number of Topliss-reactive ketones (excluding diaryl/α,β-unsaturated/α-hetero) is 1. The van der Waals surface area contributed by atoms with Gasteiger partial charge in [0.15, 0.2) is 17.2 Å². The van der Waals surface area contributed by atoms with Crippen LogP contribution in [-0.4, -0.2) is 41.3 Å². The van der Waals surface area contributed by atoms with Gasteiger partial charge in [-0.25, -0.2) is 19.9 Å². The Hall–Kier alpha value is -6.26. The fourth-order valence-corrected chi connectivity index (χ4v) is 7.11. The first-order valence-corrected chi connectivity index (χ1v) is 17.9. The normalized spacial score (nSPS) is 14.9. The number of aromatic amines is 1. The molecule has 266 valence electrons. The number of fused-ring (bicyclic) bond motifs is 3. The molecule has 4 aromatic carbocycles. The van der Waals surface area contributed by atoms with Crippen LogP contribution in [0.4, 0.5) is 5.82 Å². The minimum absolute atomic E-state index is 0.0843. The van der Waals surface area contributed by atoms with Crippen LogP contribution in [0, 0.1) is 13.8 Å². The van der Waals surface area contributed by atoms with Gasteiger partial charge in [-0.3, -0.25) is 14.2 Å². The standard InChI is InChI=1S/C23H21N7O.C20H21NO/c1-3-16(28-21-19-20(25-12-24-19)26-13-27-21)22-29-17-11-7-8-14(2)18(17)23(31)30(22)15-9-5-4-6-10-15;1-3-17(21)16-12-15-11-7-8-13(2)18(15)20(22)19(16)14-9-5-4-6-10-14/h4-13,16H,3H2,1-2H3,(H2,24,25,26,27,28);4-12,17,19H,3,21H2,1-2H3. The number of nitrogens with one attached hydrogen (secondary N) is 2. The molecule has 7 aromatic rings. The molecule has 1 aliphatic rings. The summed E-state index contributed by atoms with van der Waals surface area (Å²) >= 11 is 0. The zero-order valence-electron chi connectivity index (χ0n) is 30.2. The number of carbonyl (C=O) groups excluding carboxylic acids is 1. The molecule has 0 aliphatic heterocycles. The minimum Gasteiger partial charge on any atom is -0.358 e. The average molecular weight is 703 g/mol.